The Morgan fingerprint density at radius 2 is 1.16 bits per heavy atom. The molecule has 0 spiro atoms. The predicted octanol–water partition coefficient (Wildman–Crippen LogP) is 6.54. The minimum Gasteiger partial charge on any atom is -0.379 e. The van der Waals surface area contributed by atoms with Gasteiger partial charge in [0.1, 0.15) is 11.8 Å². The summed E-state index contributed by atoms with van der Waals surface area (Å²) in [5, 5.41) is 17.0. The average molecular weight is 1080 g/mol. The van der Waals surface area contributed by atoms with Crippen LogP contribution in [0, 0.1) is 6.92 Å². The quantitative estimate of drug-likeness (QED) is 0.0602. The van der Waals surface area contributed by atoms with E-state index in [2.05, 4.69) is 52.6 Å². The van der Waals surface area contributed by atoms with Crippen LogP contribution >= 0.6 is 11.6 Å². The van der Waals surface area contributed by atoms with Gasteiger partial charge in [0.05, 0.1) is 144 Å². The van der Waals surface area contributed by atoms with Gasteiger partial charge in [-0.05, 0) is 88.5 Å². The Labute approximate surface area is 452 Å². The Kier molecular flexibility index (Phi) is 33.5. The van der Waals surface area contributed by atoms with Gasteiger partial charge in [0.15, 0.2) is 0 Å². The van der Waals surface area contributed by atoms with Gasteiger partial charge >= 0.3 is 0 Å². The lowest BCUT2D eigenvalue weighted by Crippen LogP contribution is -2.58. The van der Waals surface area contributed by atoms with E-state index in [0.717, 1.165) is 69.4 Å². The highest BCUT2D eigenvalue weighted by Crippen LogP contribution is 2.36. The Bertz CT molecular complexity index is 1850. The molecule has 2 aromatic heterocycles. The number of amides is 1. The van der Waals surface area contributed by atoms with Gasteiger partial charge in [0.25, 0.3) is 5.91 Å². The van der Waals surface area contributed by atoms with Crippen LogP contribution in [-0.4, -0.2) is 199 Å². The molecular weight excluding hydrogens is 986 g/mol. The minimum absolute atomic E-state index is 0.137. The van der Waals surface area contributed by atoms with Crippen molar-refractivity contribution in [2.24, 2.45) is 7.05 Å². The number of carbonyl (C=O) groups excluding carboxylic acids is 1. The van der Waals surface area contributed by atoms with Crippen molar-refractivity contribution in [1.82, 2.24) is 35.0 Å². The number of rotatable bonds is 45. The number of nitrogens with zero attached hydrogens (tertiary/aromatic N) is 6. The van der Waals surface area contributed by atoms with Crippen molar-refractivity contribution < 1.29 is 56.9 Å². The molecule has 2 aliphatic rings. The van der Waals surface area contributed by atoms with Gasteiger partial charge in [-0.2, -0.15) is 5.10 Å². The molecule has 1 amide bonds. The molecule has 426 valence electrons. The fourth-order valence-corrected chi connectivity index (χ4v) is 9.17. The van der Waals surface area contributed by atoms with E-state index in [1.807, 2.05) is 30.1 Å². The second kappa shape index (κ2) is 40.1. The Balaban J connectivity index is 0.766. The first-order valence-electron chi connectivity index (χ1n) is 28.0. The molecule has 19 nitrogen and oxygen atoms in total. The highest BCUT2D eigenvalue weighted by Gasteiger charge is 2.38. The number of aromatic nitrogens is 5. The van der Waals surface area contributed by atoms with E-state index < -0.39 is 6.10 Å². The summed E-state index contributed by atoms with van der Waals surface area (Å²) in [7, 11) is 2.01. The first-order chi connectivity index (χ1) is 36.9. The fraction of sp³-hybridized carbons (Fsp3) is 0.782. The van der Waals surface area contributed by atoms with Crippen LogP contribution in [-0.2, 0) is 83.5 Å². The molecule has 2 fully saturated rings. The molecule has 2 unspecified atom stereocenters. The van der Waals surface area contributed by atoms with Crippen molar-refractivity contribution in [3.05, 3.63) is 64.2 Å². The maximum absolute atomic E-state index is 13.5. The molecule has 1 saturated carbocycles. The lowest BCUT2D eigenvalue weighted by Gasteiger charge is -2.45. The zero-order valence-corrected chi connectivity index (χ0v) is 46.4. The molecule has 20 heteroatoms. The summed E-state index contributed by atoms with van der Waals surface area (Å²) in [5.41, 5.74) is 4.26. The van der Waals surface area contributed by atoms with Crippen LogP contribution in [0.25, 0.3) is 0 Å². The lowest BCUT2D eigenvalue weighted by atomic mass is 9.82. The monoisotopic (exact) mass is 1080 g/mol. The third-order valence-electron chi connectivity index (χ3n) is 13.4. The van der Waals surface area contributed by atoms with Crippen LogP contribution in [0.1, 0.15) is 106 Å². The molecule has 5 rings (SSSR count). The Hall–Kier alpha value is -3.15. The summed E-state index contributed by atoms with van der Waals surface area (Å²) >= 11 is 6.19. The van der Waals surface area contributed by atoms with Crippen molar-refractivity contribution in [2.75, 3.05) is 145 Å². The molecule has 1 saturated heterocycles. The van der Waals surface area contributed by atoms with Gasteiger partial charge in [-0.1, -0.05) is 55.1 Å². The lowest BCUT2D eigenvalue weighted by molar-refractivity contribution is -0.145. The number of morpholine rings is 1. The molecule has 3 heterocycles. The number of hydrogen-bond acceptors (Lipinski definition) is 16. The molecule has 1 aliphatic heterocycles. The molecule has 1 aromatic carbocycles. The second-order valence-electron chi connectivity index (χ2n) is 19.3. The van der Waals surface area contributed by atoms with Crippen LogP contribution in [0.15, 0.2) is 36.5 Å². The number of nitrogens with one attached hydrogen (secondary N) is 1. The summed E-state index contributed by atoms with van der Waals surface area (Å²) in [6.45, 7) is 17.5. The van der Waals surface area contributed by atoms with Crippen molar-refractivity contribution in [3.8, 4) is 0 Å². The van der Waals surface area contributed by atoms with Crippen LogP contribution in [0.2, 0.25) is 5.02 Å². The molecule has 0 radical (unpaired) electrons. The number of benzene rings is 1. The van der Waals surface area contributed by atoms with Gasteiger partial charge in [-0.15, -0.1) is 5.10 Å². The Morgan fingerprint density at radius 1 is 0.667 bits per heavy atom. The third-order valence-corrected chi connectivity index (χ3v) is 13.7. The maximum Gasteiger partial charge on any atom is 0.250 e. The molecule has 0 bridgehead atoms. The first kappa shape index (κ1) is 62.7. The molecule has 1 N–H and O–H groups in total. The van der Waals surface area contributed by atoms with E-state index in [-0.39, 0.29) is 18.5 Å². The number of hydrogen-bond donors (Lipinski definition) is 1. The van der Waals surface area contributed by atoms with Crippen molar-refractivity contribution >= 4 is 17.5 Å². The largest absolute Gasteiger partial charge is 0.379 e. The summed E-state index contributed by atoms with van der Waals surface area (Å²) in [6, 6.07) is 10.8. The molecular formula is C55H92ClN7O12. The van der Waals surface area contributed by atoms with E-state index in [4.69, 9.17) is 68.8 Å². The minimum atomic E-state index is -0.571. The number of halogens is 1. The zero-order valence-electron chi connectivity index (χ0n) is 45.7. The number of carbonyl (C=O) groups is 1. The van der Waals surface area contributed by atoms with E-state index in [9.17, 15) is 4.79 Å². The van der Waals surface area contributed by atoms with E-state index in [0.29, 0.717) is 163 Å². The third kappa shape index (κ3) is 27.3. The molecule has 1 aliphatic carbocycles. The van der Waals surface area contributed by atoms with Crippen LogP contribution < -0.4 is 5.32 Å². The number of aryl methyl sites for hydroxylation is 2. The van der Waals surface area contributed by atoms with Gasteiger partial charge in [0.2, 0.25) is 0 Å². The van der Waals surface area contributed by atoms with E-state index in [1.165, 1.54) is 36.2 Å². The van der Waals surface area contributed by atoms with Crippen molar-refractivity contribution in [2.45, 2.75) is 128 Å². The summed E-state index contributed by atoms with van der Waals surface area (Å²) in [6.07, 6.45) is 14.3. The average Bonchev–Trinajstić information content (AvgIpc) is 4.03. The van der Waals surface area contributed by atoms with Crippen molar-refractivity contribution in [3.63, 3.8) is 0 Å². The second-order valence-corrected chi connectivity index (χ2v) is 19.7. The smallest absolute Gasteiger partial charge is 0.250 e. The summed E-state index contributed by atoms with van der Waals surface area (Å²) in [5.74, 6) is 0.326. The molecule has 2 atom stereocenters. The normalized spacial score (nSPS) is 18.3. The number of unbranched alkanes of at least 4 members (excludes halogenated alkanes) is 5. The summed E-state index contributed by atoms with van der Waals surface area (Å²) in [4.78, 5) is 16.0. The molecule has 3 aromatic rings. The van der Waals surface area contributed by atoms with Crippen LogP contribution in [0.4, 0.5) is 0 Å². The van der Waals surface area contributed by atoms with E-state index in [1.54, 1.807) is 4.68 Å². The highest BCUT2D eigenvalue weighted by atomic mass is 35.5. The van der Waals surface area contributed by atoms with Gasteiger partial charge < -0.3 is 57.4 Å². The highest BCUT2D eigenvalue weighted by molar-refractivity contribution is 6.30. The number of ether oxygens (including phenoxy) is 11. The maximum atomic E-state index is 13.5. The standard InChI is InChI=1S/C55H92ClN7O12/c1-4-5-6-8-20-65-24-28-69-33-36-73-38-39-74-37-34-71-30-26-67-22-10-7-9-21-66-25-29-70-32-35-72-31-27-68-23-19-62-43-50(58-60-62)42-57-55(64)54-44-63(52(45-75-54)41-47-11-15-49(56)16-12-47)51-17-13-48(14-18-51)53-40-46(2)61(3)59-53/h11-12,15-16,40,43,48,51-52,54H,4-10,13-14,17-39,41-42,44-45H2,1-3H3,(H,57,64). The topological polar surface area (TPSA) is 182 Å². The fourth-order valence-electron chi connectivity index (χ4n) is 9.04. The SMILES string of the molecule is CCCCCCOCCOCCOCCOCCOCCOCCCCCOCCOCCOCCOCCn1cc(CNC(=O)C2CN(C3CCC(c4cc(C)n(C)n4)CC3)C(Cc3ccc(Cl)cc3)CO2)nn1. The van der Waals surface area contributed by atoms with Gasteiger partial charge in [0, 0.05) is 62.1 Å². The summed E-state index contributed by atoms with van der Waals surface area (Å²) < 4.78 is 66.0. The zero-order chi connectivity index (χ0) is 52.8. The molecule has 75 heavy (non-hydrogen) atoms. The van der Waals surface area contributed by atoms with Crippen LogP contribution in [0.3, 0.4) is 0 Å². The van der Waals surface area contributed by atoms with Gasteiger partial charge in [-0.25, -0.2) is 4.68 Å². The van der Waals surface area contributed by atoms with E-state index >= 15 is 0 Å². The Morgan fingerprint density at radius 3 is 1.65 bits per heavy atom. The predicted molar refractivity (Wildman–Crippen MR) is 286 cm³/mol. The van der Waals surface area contributed by atoms with Crippen molar-refractivity contribution in [1.29, 1.82) is 0 Å². The first-order valence-corrected chi connectivity index (χ1v) is 28.3. The van der Waals surface area contributed by atoms with Crippen LogP contribution in [0.5, 0.6) is 0 Å². The van der Waals surface area contributed by atoms with Gasteiger partial charge in [-0.3, -0.25) is 14.4 Å².